The Hall–Kier alpha value is -2.70. The van der Waals surface area contributed by atoms with Gasteiger partial charge in [-0.25, -0.2) is 4.39 Å². The first-order chi connectivity index (χ1) is 11.6. The molecule has 0 aliphatic carbocycles. The van der Waals surface area contributed by atoms with Crippen LogP contribution in [0.2, 0.25) is 0 Å². The highest BCUT2D eigenvalue weighted by Gasteiger charge is 2.24. The minimum atomic E-state index is -0.366. The van der Waals surface area contributed by atoms with E-state index in [9.17, 15) is 14.0 Å². The summed E-state index contributed by atoms with van der Waals surface area (Å²) in [5.74, 6) is -0.573. The molecule has 24 heavy (non-hydrogen) atoms. The van der Waals surface area contributed by atoms with E-state index in [2.05, 4.69) is 10.2 Å². The van der Waals surface area contributed by atoms with Crippen LogP contribution in [0.25, 0.3) is 0 Å². The second-order valence-corrected chi connectivity index (χ2v) is 5.85. The van der Waals surface area contributed by atoms with E-state index >= 15 is 0 Å². The molecule has 7 heteroatoms. The Balaban J connectivity index is 1.67. The number of halogens is 1. The highest BCUT2D eigenvalue weighted by Crippen LogP contribution is 2.13. The second kappa shape index (κ2) is 6.82. The first kappa shape index (κ1) is 16.2. The van der Waals surface area contributed by atoms with Crippen LogP contribution in [0.1, 0.15) is 32.8 Å². The number of rotatable bonds is 2. The minimum Gasteiger partial charge on any atom is -0.337 e. The average molecular weight is 330 g/mol. The largest absolute Gasteiger partial charge is 0.337 e. The highest BCUT2D eigenvalue weighted by atomic mass is 19.1. The number of H-pyrrole nitrogens is 1. The molecule has 2 amide bonds. The molecule has 126 valence electrons. The molecule has 0 unspecified atom stereocenters. The standard InChI is InChI=1S/C17H19FN4O2/c1-12-15(11-19-20-12)17(24)22-8-2-7-21(9-10-22)16(23)13-3-5-14(18)6-4-13/h3-6,11H,2,7-10H2,1H3,(H,19,20). The number of aromatic nitrogens is 2. The minimum absolute atomic E-state index is 0.0719. The molecule has 3 rings (SSSR count). The van der Waals surface area contributed by atoms with Gasteiger partial charge in [0.2, 0.25) is 0 Å². The molecule has 1 saturated heterocycles. The summed E-state index contributed by atoms with van der Waals surface area (Å²) in [4.78, 5) is 28.5. The quantitative estimate of drug-likeness (QED) is 0.913. The summed E-state index contributed by atoms with van der Waals surface area (Å²) in [5.41, 5.74) is 1.76. The third-order valence-corrected chi connectivity index (χ3v) is 4.22. The Morgan fingerprint density at radius 1 is 1.04 bits per heavy atom. The molecule has 1 aromatic carbocycles. The number of nitrogens with zero attached hydrogens (tertiary/aromatic N) is 3. The van der Waals surface area contributed by atoms with Crippen molar-refractivity contribution in [2.45, 2.75) is 13.3 Å². The van der Waals surface area contributed by atoms with Gasteiger partial charge in [0.25, 0.3) is 11.8 Å². The normalized spacial score (nSPS) is 15.2. The Labute approximate surface area is 139 Å². The van der Waals surface area contributed by atoms with Crippen LogP contribution in [-0.4, -0.2) is 58.0 Å². The zero-order chi connectivity index (χ0) is 17.1. The Bertz CT molecular complexity index is 741. The summed E-state index contributed by atoms with van der Waals surface area (Å²) in [6.45, 7) is 3.90. The number of nitrogens with one attached hydrogen (secondary N) is 1. The molecule has 1 aliphatic rings. The molecule has 1 aromatic heterocycles. The molecule has 2 heterocycles. The van der Waals surface area contributed by atoms with Crippen molar-refractivity contribution in [2.24, 2.45) is 0 Å². The van der Waals surface area contributed by atoms with Gasteiger partial charge in [0.15, 0.2) is 0 Å². The molecule has 0 atom stereocenters. The molecule has 1 N–H and O–H groups in total. The maximum Gasteiger partial charge on any atom is 0.257 e. The number of hydrogen-bond donors (Lipinski definition) is 1. The fraction of sp³-hybridized carbons (Fsp3) is 0.353. The van der Waals surface area contributed by atoms with Crippen LogP contribution >= 0.6 is 0 Å². The summed E-state index contributed by atoms with van der Waals surface area (Å²) in [6.07, 6.45) is 2.24. The maximum atomic E-state index is 13.0. The smallest absolute Gasteiger partial charge is 0.257 e. The van der Waals surface area contributed by atoms with E-state index in [1.165, 1.54) is 30.5 Å². The van der Waals surface area contributed by atoms with Crippen LogP contribution in [-0.2, 0) is 0 Å². The Morgan fingerprint density at radius 3 is 2.25 bits per heavy atom. The molecule has 1 aliphatic heterocycles. The summed E-state index contributed by atoms with van der Waals surface area (Å²) in [6, 6.07) is 5.53. The van der Waals surface area contributed by atoms with E-state index in [0.717, 1.165) is 5.69 Å². The summed E-state index contributed by atoms with van der Waals surface area (Å²) >= 11 is 0. The van der Waals surface area contributed by atoms with E-state index < -0.39 is 0 Å². The number of benzene rings is 1. The lowest BCUT2D eigenvalue weighted by Gasteiger charge is -2.22. The van der Waals surface area contributed by atoms with Crippen LogP contribution in [0.5, 0.6) is 0 Å². The molecular weight excluding hydrogens is 311 g/mol. The number of aromatic amines is 1. The predicted octanol–water partition coefficient (Wildman–Crippen LogP) is 1.85. The molecule has 1 fully saturated rings. The summed E-state index contributed by atoms with van der Waals surface area (Å²) in [5, 5.41) is 6.65. The van der Waals surface area contributed by atoms with Crippen molar-refractivity contribution in [1.82, 2.24) is 20.0 Å². The molecular formula is C17H19FN4O2. The number of aryl methyl sites for hydroxylation is 1. The lowest BCUT2D eigenvalue weighted by Crippen LogP contribution is -2.37. The lowest BCUT2D eigenvalue weighted by atomic mass is 10.2. The molecule has 0 radical (unpaired) electrons. The molecule has 0 spiro atoms. The van der Waals surface area contributed by atoms with Gasteiger partial charge in [-0.3, -0.25) is 14.7 Å². The average Bonchev–Trinajstić information content (AvgIpc) is 2.86. The highest BCUT2D eigenvalue weighted by molar-refractivity contribution is 5.96. The van der Waals surface area contributed by atoms with Crippen molar-refractivity contribution in [3.63, 3.8) is 0 Å². The predicted molar refractivity (Wildman–Crippen MR) is 86.1 cm³/mol. The van der Waals surface area contributed by atoms with Crippen molar-refractivity contribution in [1.29, 1.82) is 0 Å². The van der Waals surface area contributed by atoms with Gasteiger partial charge in [0, 0.05) is 37.4 Å². The van der Waals surface area contributed by atoms with Gasteiger partial charge in [0.05, 0.1) is 11.8 Å². The van der Waals surface area contributed by atoms with Crippen molar-refractivity contribution < 1.29 is 14.0 Å². The zero-order valence-corrected chi connectivity index (χ0v) is 13.5. The van der Waals surface area contributed by atoms with Crippen LogP contribution in [0.4, 0.5) is 4.39 Å². The van der Waals surface area contributed by atoms with Crippen LogP contribution in [0, 0.1) is 12.7 Å². The topological polar surface area (TPSA) is 69.3 Å². The summed E-state index contributed by atoms with van der Waals surface area (Å²) < 4.78 is 13.0. The fourth-order valence-corrected chi connectivity index (χ4v) is 2.84. The third kappa shape index (κ3) is 3.29. The summed E-state index contributed by atoms with van der Waals surface area (Å²) in [7, 11) is 0. The second-order valence-electron chi connectivity index (χ2n) is 5.85. The maximum absolute atomic E-state index is 13.0. The lowest BCUT2D eigenvalue weighted by molar-refractivity contribution is 0.0718. The molecule has 2 aromatic rings. The van der Waals surface area contributed by atoms with Crippen LogP contribution in [0.15, 0.2) is 30.5 Å². The number of carbonyl (C=O) groups excluding carboxylic acids is 2. The fourth-order valence-electron chi connectivity index (χ4n) is 2.84. The first-order valence-electron chi connectivity index (χ1n) is 7.90. The van der Waals surface area contributed by atoms with E-state index in [1.54, 1.807) is 9.80 Å². The van der Waals surface area contributed by atoms with Gasteiger partial charge in [0.1, 0.15) is 5.82 Å². The number of amides is 2. The van der Waals surface area contributed by atoms with Gasteiger partial charge in [-0.05, 0) is 37.6 Å². The van der Waals surface area contributed by atoms with Gasteiger partial charge in [-0.2, -0.15) is 5.10 Å². The SMILES string of the molecule is Cc1[nH]ncc1C(=O)N1CCCN(C(=O)c2ccc(F)cc2)CC1. The number of hydrogen-bond acceptors (Lipinski definition) is 3. The van der Waals surface area contributed by atoms with Gasteiger partial charge < -0.3 is 9.80 Å². The van der Waals surface area contributed by atoms with Gasteiger partial charge in [-0.1, -0.05) is 0 Å². The van der Waals surface area contributed by atoms with E-state index in [1.807, 2.05) is 6.92 Å². The van der Waals surface area contributed by atoms with E-state index in [0.29, 0.717) is 43.7 Å². The van der Waals surface area contributed by atoms with Crippen LogP contribution < -0.4 is 0 Å². The van der Waals surface area contributed by atoms with Crippen molar-refractivity contribution in [3.05, 3.63) is 53.1 Å². The molecule has 6 nitrogen and oxygen atoms in total. The third-order valence-electron chi connectivity index (χ3n) is 4.22. The molecule has 0 bridgehead atoms. The first-order valence-corrected chi connectivity index (χ1v) is 7.90. The van der Waals surface area contributed by atoms with Gasteiger partial charge in [-0.15, -0.1) is 0 Å². The van der Waals surface area contributed by atoms with Gasteiger partial charge >= 0.3 is 0 Å². The van der Waals surface area contributed by atoms with Crippen molar-refractivity contribution >= 4 is 11.8 Å². The number of carbonyl (C=O) groups is 2. The Kier molecular flexibility index (Phi) is 4.59. The van der Waals surface area contributed by atoms with Crippen molar-refractivity contribution in [2.75, 3.05) is 26.2 Å². The van der Waals surface area contributed by atoms with E-state index in [4.69, 9.17) is 0 Å². The van der Waals surface area contributed by atoms with Crippen molar-refractivity contribution in [3.8, 4) is 0 Å². The Morgan fingerprint density at radius 2 is 1.67 bits per heavy atom. The molecule has 0 saturated carbocycles. The monoisotopic (exact) mass is 330 g/mol. The zero-order valence-electron chi connectivity index (χ0n) is 13.5. The van der Waals surface area contributed by atoms with Crippen LogP contribution in [0.3, 0.4) is 0 Å². The van der Waals surface area contributed by atoms with E-state index in [-0.39, 0.29) is 17.6 Å².